The number of carboxylic acids is 2. The number of carboxylic acid groups (broad SMARTS) is 2. The van der Waals surface area contributed by atoms with Crippen LogP contribution in [0.3, 0.4) is 0 Å². The van der Waals surface area contributed by atoms with E-state index in [0.29, 0.717) is 25.7 Å². The van der Waals surface area contributed by atoms with Crippen molar-refractivity contribution in [1.29, 1.82) is 0 Å². The summed E-state index contributed by atoms with van der Waals surface area (Å²) >= 11 is 0. The molecular formula is C26H56O12. The summed E-state index contributed by atoms with van der Waals surface area (Å²) in [4.78, 5) is 18.5. The SMILES string of the molecule is C=CC(=O)O.C=CC(=O)O.CCCCC(O)O.CCCCC(O)O.CCCCC(O)O.CCCCC(O)O. The average Bonchev–Trinajstić information content (AvgIpc) is 2.85. The Morgan fingerprint density at radius 3 is 0.658 bits per heavy atom. The summed E-state index contributed by atoms with van der Waals surface area (Å²) in [7, 11) is 0. The summed E-state index contributed by atoms with van der Waals surface area (Å²) in [5.41, 5.74) is 0. The molecule has 232 valence electrons. The van der Waals surface area contributed by atoms with Crippen molar-refractivity contribution in [2.45, 2.75) is 130 Å². The summed E-state index contributed by atoms with van der Waals surface area (Å²) in [6.45, 7) is 14.0. The van der Waals surface area contributed by atoms with Gasteiger partial charge in [-0.2, -0.15) is 0 Å². The predicted molar refractivity (Wildman–Crippen MR) is 147 cm³/mol. The van der Waals surface area contributed by atoms with E-state index in [9.17, 15) is 9.59 Å². The lowest BCUT2D eigenvalue weighted by atomic mass is 10.2. The molecule has 0 aliphatic heterocycles. The second-order valence-corrected chi connectivity index (χ2v) is 7.58. The van der Waals surface area contributed by atoms with Crippen molar-refractivity contribution in [3.05, 3.63) is 25.3 Å². The van der Waals surface area contributed by atoms with Crippen molar-refractivity contribution in [3.8, 4) is 0 Å². The molecule has 10 N–H and O–H groups in total. The van der Waals surface area contributed by atoms with E-state index in [0.717, 1.165) is 63.5 Å². The third kappa shape index (κ3) is 114. The molecule has 0 saturated heterocycles. The normalized spacial score (nSPS) is 9.26. The lowest BCUT2D eigenvalue weighted by molar-refractivity contribution is -0.132. The Kier molecular flexibility index (Phi) is 58.2. The summed E-state index contributed by atoms with van der Waals surface area (Å²) in [6.07, 6.45) is 7.02. The van der Waals surface area contributed by atoms with Gasteiger partial charge in [-0.15, -0.1) is 0 Å². The van der Waals surface area contributed by atoms with E-state index in [1.165, 1.54) is 0 Å². The van der Waals surface area contributed by atoms with Gasteiger partial charge in [0.15, 0.2) is 25.2 Å². The van der Waals surface area contributed by atoms with E-state index < -0.39 is 37.1 Å². The molecule has 0 atom stereocenters. The van der Waals surface area contributed by atoms with Gasteiger partial charge in [0.25, 0.3) is 0 Å². The monoisotopic (exact) mass is 560 g/mol. The molecule has 0 spiro atoms. The molecule has 0 aromatic carbocycles. The first kappa shape index (κ1) is 49.1. The lowest BCUT2D eigenvalue weighted by Gasteiger charge is -1.97. The maximum absolute atomic E-state index is 9.25. The van der Waals surface area contributed by atoms with E-state index in [4.69, 9.17) is 51.1 Å². The quantitative estimate of drug-likeness (QED) is 0.109. The molecule has 0 unspecified atom stereocenters. The van der Waals surface area contributed by atoms with Crippen LogP contribution in [0.15, 0.2) is 25.3 Å². The standard InChI is InChI=1S/4C5H12O2.2C3H4O2/c4*1-2-3-4-5(6)7;2*1-2-3(4)5/h4*5-7H,2-4H2,1H3;2*2H,1H2,(H,4,5). The molecule has 0 radical (unpaired) electrons. The maximum atomic E-state index is 9.25. The maximum Gasteiger partial charge on any atom is 0.327 e. The smallest absolute Gasteiger partial charge is 0.327 e. The minimum absolute atomic E-state index is 0.510. The van der Waals surface area contributed by atoms with Gasteiger partial charge in [-0.3, -0.25) is 0 Å². The Morgan fingerprint density at radius 2 is 0.632 bits per heavy atom. The van der Waals surface area contributed by atoms with Gasteiger partial charge in [-0.05, 0) is 51.4 Å². The number of rotatable bonds is 14. The number of hydrogen-bond donors (Lipinski definition) is 10. The summed E-state index contributed by atoms with van der Waals surface area (Å²) in [6, 6.07) is 0. The predicted octanol–water partition coefficient (Wildman–Crippen LogP) is 2.46. The zero-order valence-electron chi connectivity index (χ0n) is 23.7. The number of aliphatic hydroxyl groups is 8. The number of hydrogen-bond acceptors (Lipinski definition) is 10. The van der Waals surface area contributed by atoms with E-state index in [1.54, 1.807) is 0 Å². The largest absolute Gasteiger partial charge is 0.478 e. The molecule has 12 nitrogen and oxygen atoms in total. The number of aliphatic carboxylic acids is 2. The van der Waals surface area contributed by atoms with Crippen LogP contribution in [0.5, 0.6) is 0 Å². The van der Waals surface area contributed by atoms with Crippen molar-refractivity contribution >= 4 is 11.9 Å². The number of aliphatic hydroxyl groups excluding tert-OH is 4. The highest BCUT2D eigenvalue weighted by molar-refractivity contribution is 5.79. The first-order valence-corrected chi connectivity index (χ1v) is 12.8. The van der Waals surface area contributed by atoms with Crippen LogP contribution in [-0.2, 0) is 9.59 Å². The van der Waals surface area contributed by atoms with Crippen LogP contribution < -0.4 is 0 Å². The minimum Gasteiger partial charge on any atom is -0.478 e. The highest BCUT2D eigenvalue weighted by Gasteiger charge is 1.93. The van der Waals surface area contributed by atoms with Crippen molar-refractivity contribution < 1.29 is 60.7 Å². The molecular weight excluding hydrogens is 504 g/mol. The fraction of sp³-hybridized carbons (Fsp3) is 0.769. The van der Waals surface area contributed by atoms with Crippen LogP contribution in [0, 0.1) is 0 Å². The molecule has 0 aliphatic carbocycles. The van der Waals surface area contributed by atoms with E-state index in [-0.39, 0.29) is 0 Å². The van der Waals surface area contributed by atoms with Crippen LogP contribution in [0.1, 0.15) is 105 Å². The van der Waals surface area contributed by atoms with Crippen molar-refractivity contribution in [1.82, 2.24) is 0 Å². The third-order valence-corrected chi connectivity index (χ3v) is 3.61. The number of carbonyl (C=O) groups is 2. The van der Waals surface area contributed by atoms with Crippen molar-refractivity contribution in [2.75, 3.05) is 0 Å². The second kappa shape index (κ2) is 45.0. The molecule has 0 amide bonds. The van der Waals surface area contributed by atoms with E-state index in [1.807, 2.05) is 27.7 Å². The molecule has 0 aliphatic rings. The second-order valence-electron chi connectivity index (χ2n) is 7.58. The van der Waals surface area contributed by atoms with Crippen molar-refractivity contribution in [3.63, 3.8) is 0 Å². The van der Waals surface area contributed by atoms with Crippen LogP contribution >= 0.6 is 0 Å². The minimum atomic E-state index is -1.10. The first-order chi connectivity index (χ1) is 17.6. The van der Waals surface area contributed by atoms with Crippen LogP contribution in [0.4, 0.5) is 0 Å². The Hall–Kier alpha value is -1.90. The van der Waals surface area contributed by atoms with Crippen LogP contribution in [0.25, 0.3) is 0 Å². The van der Waals surface area contributed by atoms with Crippen LogP contribution in [0.2, 0.25) is 0 Å². The summed E-state index contributed by atoms with van der Waals surface area (Å²) in [5.74, 6) is -1.96. The highest BCUT2D eigenvalue weighted by Crippen LogP contribution is 1.97. The Bertz CT molecular complexity index is 401. The van der Waals surface area contributed by atoms with Gasteiger partial charge in [-0.1, -0.05) is 66.5 Å². The highest BCUT2D eigenvalue weighted by atomic mass is 16.5. The molecule has 38 heavy (non-hydrogen) atoms. The first-order valence-electron chi connectivity index (χ1n) is 12.8. The Balaban J connectivity index is -0.0000000813. The van der Waals surface area contributed by atoms with E-state index in [2.05, 4.69) is 13.2 Å². The fourth-order valence-electron chi connectivity index (χ4n) is 1.55. The Morgan fingerprint density at radius 1 is 0.500 bits per heavy atom. The van der Waals surface area contributed by atoms with Crippen LogP contribution in [-0.4, -0.2) is 88.2 Å². The summed E-state index contributed by atoms with van der Waals surface area (Å²) < 4.78 is 0. The molecule has 0 saturated carbocycles. The molecule has 0 fully saturated rings. The summed E-state index contributed by atoms with van der Waals surface area (Å²) in [5, 5.41) is 81.1. The molecule has 0 heterocycles. The van der Waals surface area contributed by atoms with Gasteiger partial charge in [0.1, 0.15) is 0 Å². The Labute approximate surface area is 228 Å². The van der Waals surface area contributed by atoms with Gasteiger partial charge in [-0.25, -0.2) is 9.59 Å². The average molecular weight is 561 g/mol. The number of unbranched alkanes of at least 4 members (excludes halogenated alkanes) is 4. The van der Waals surface area contributed by atoms with Gasteiger partial charge in [0.05, 0.1) is 0 Å². The lowest BCUT2D eigenvalue weighted by Crippen LogP contribution is -2.02. The molecule has 0 aromatic heterocycles. The van der Waals surface area contributed by atoms with Gasteiger partial charge >= 0.3 is 11.9 Å². The fourth-order valence-corrected chi connectivity index (χ4v) is 1.55. The third-order valence-electron chi connectivity index (χ3n) is 3.61. The van der Waals surface area contributed by atoms with Gasteiger partial charge in [0.2, 0.25) is 0 Å². The molecule has 0 aromatic rings. The molecule has 0 bridgehead atoms. The van der Waals surface area contributed by atoms with Gasteiger partial charge < -0.3 is 51.1 Å². The van der Waals surface area contributed by atoms with E-state index >= 15 is 0 Å². The zero-order chi connectivity index (χ0) is 31.4. The zero-order valence-corrected chi connectivity index (χ0v) is 23.7. The topological polar surface area (TPSA) is 236 Å². The molecule has 12 heteroatoms. The van der Waals surface area contributed by atoms with Gasteiger partial charge in [0, 0.05) is 12.2 Å². The molecule has 0 rings (SSSR count). The van der Waals surface area contributed by atoms with Crippen molar-refractivity contribution in [2.24, 2.45) is 0 Å².